The van der Waals surface area contributed by atoms with Crippen LogP contribution in [0.4, 0.5) is 0 Å². The van der Waals surface area contributed by atoms with E-state index in [2.05, 4.69) is 0 Å². The number of halogens is 3. The van der Waals surface area contributed by atoms with Crippen LogP contribution in [0.3, 0.4) is 0 Å². The number of rotatable bonds is 2. The Labute approximate surface area is 95.9 Å². The summed E-state index contributed by atoms with van der Waals surface area (Å²) >= 11 is 11.3. The quantitative estimate of drug-likeness (QED) is 0.780. The van der Waals surface area contributed by atoms with Crippen LogP contribution in [0.5, 0.6) is 5.75 Å². The lowest BCUT2D eigenvalue weighted by atomic mass is 10.3. The second-order valence-electron chi connectivity index (χ2n) is 2.33. The monoisotopic (exact) mass is 274 g/mol. The first-order valence-electron chi connectivity index (χ1n) is 3.34. The highest BCUT2D eigenvalue weighted by Gasteiger charge is 2.22. The van der Waals surface area contributed by atoms with Gasteiger partial charge < -0.3 is 4.74 Å². The van der Waals surface area contributed by atoms with Crippen LogP contribution in [0, 0.1) is 0 Å². The standard InChI is InChI=1S/C7H5Cl3O3S/c1-13-5-3-2-4(8)6(9)7(5)14(10,11)12/h2-3H,1H3. The molecule has 0 amide bonds. The topological polar surface area (TPSA) is 43.4 Å². The lowest BCUT2D eigenvalue weighted by Crippen LogP contribution is -1.97. The fraction of sp³-hybridized carbons (Fsp3) is 0.143. The molecule has 0 aliphatic heterocycles. The molecule has 0 radical (unpaired) electrons. The van der Waals surface area contributed by atoms with Gasteiger partial charge in [0.05, 0.1) is 17.2 Å². The SMILES string of the molecule is COc1ccc(Cl)c(Cl)c1S(=O)(=O)Cl. The Morgan fingerprint density at radius 3 is 2.29 bits per heavy atom. The number of benzene rings is 1. The minimum Gasteiger partial charge on any atom is -0.495 e. The first-order chi connectivity index (χ1) is 6.38. The van der Waals surface area contributed by atoms with Gasteiger partial charge in [-0.05, 0) is 12.1 Å². The zero-order valence-corrected chi connectivity index (χ0v) is 10.0. The fourth-order valence-corrected chi connectivity index (χ4v) is 2.87. The molecule has 0 heterocycles. The maximum atomic E-state index is 11.1. The third-order valence-corrected chi connectivity index (χ3v) is 3.75. The molecule has 0 spiro atoms. The summed E-state index contributed by atoms with van der Waals surface area (Å²) in [5.41, 5.74) is 0. The zero-order chi connectivity index (χ0) is 10.9. The van der Waals surface area contributed by atoms with Crippen LogP contribution in [0.15, 0.2) is 17.0 Å². The van der Waals surface area contributed by atoms with Crippen molar-refractivity contribution in [3.63, 3.8) is 0 Å². The van der Waals surface area contributed by atoms with E-state index in [4.69, 9.17) is 38.6 Å². The van der Waals surface area contributed by atoms with Crippen LogP contribution >= 0.6 is 33.9 Å². The average Bonchev–Trinajstić information content (AvgIpc) is 2.07. The molecule has 1 rings (SSSR count). The number of methoxy groups -OCH3 is 1. The summed E-state index contributed by atoms with van der Waals surface area (Å²) in [6.45, 7) is 0. The molecule has 0 atom stereocenters. The van der Waals surface area contributed by atoms with Crippen molar-refractivity contribution in [2.75, 3.05) is 7.11 Å². The molecule has 0 aliphatic rings. The number of hydrogen-bond donors (Lipinski definition) is 0. The predicted octanol–water partition coefficient (Wildman–Crippen LogP) is 2.93. The van der Waals surface area contributed by atoms with E-state index < -0.39 is 9.05 Å². The third kappa shape index (κ3) is 2.25. The third-order valence-electron chi connectivity index (χ3n) is 1.48. The maximum Gasteiger partial charge on any atom is 0.266 e. The molecule has 0 bridgehead atoms. The van der Waals surface area contributed by atoms with E-state index in [0.29, 0.717) is 0 Å². The second-order valence-corrected chi connectivity index (χ2v) is 5.62. The molecule has 78 valence electrons. The Hall–Kier alpha value is -0.160. The summed E-state index contributed by atoms with van der Waals surface area (Å²) in [4.78, 5) is -0.309. The van der Waals surface area contributed by atoms with Crippen molar-refractivity contribution in [1.82, 2.24) is 0 Å². The van der Waals surface area contributed by atoms with Crippen LogP contribution in [0.2, 0.25) is 10.0 Å². The van der Waals surface area contributed by atoms with Crippen molar-refractivity contribution in [2.24, 2.45) is 0 Å². The molecular formula is C7H5Cl3O3S. The molecule has 14 heavy (non-hydrogen) atoms. The minimum atomic E-state index is -3.97. The molecule has 0 aromatic heterocycles. The Morgan fingerprint density at radius 2 is 1.86 bits per heavy atom. The zero-order valence-electron chi connectivity index (χ0n) is 6.92. The molecule has 1 aromatic rings. The highest BCUT2D eigenvalue weighted by molar-refractivity contribution is 8.14. The first-order valence-corrected chi connectivity index (χ1v) is 6.41. The van der Waals surface area contributed by atoms with Gasteiger partial charge >= 0.3 is 0 Å². The van der Waals surface area contributed by atoms with Gasteiger partial charge in [0, 0.05) is 10.7 Å². The largest absolute Gasteiger partial charge is 0.495 e. The van der Waals surface area contributed by atoms with Gasteiger partial charge in [0.25, 0.3) is 9.05 Å². The molecule has 0 saturated heterocycles. The summed E-state index contributed by atoms with van der Waals surface area (Å²) in [5.74, 6) is 0.0643. The van der Waals surface area contributed by atoms with E-state index in [0.717, 1.165) is 0 Å². The summed E-state index contributed by atoms with van der Waals surface area (Å²) in [6.07, 6.45) is 0. The van der Waals surface area contributed by atoms with E-state index >= 15 is 0 Å². The van der Waals surface area contributed by atoms with Crippen molar-refractivity contribution in [3.05, 3.63) is 22.2 Å². The van der Waals surface area contributed by atoms with Crippen molar-refractivity contribution < 1.29 is 13.2 Å². The van der Waals surface area contributed by atoms with Crippen molar-refractivity contribution in [1.29, 1.82) is 0 Å². The van der Waals surface area contributed by atoms with Crippen LogP contribution in [0.25, 0.3) is 0 Å². The van der Waals surface area contributed by atoms with Gasteiger partial charge in [-0.1, -0.05) is 23.2 Å². The lowest BCUT2D eigenvalue weighted by Gasteiger charge is -2.07. The van der Waals surface area contributed by atoms with E-state index in [1.165, 1.54) is 19.2 Å². The van der Waals surface area contributed by atoms with Gasteiger partial charge in [0.1, 0.15) is 10.6 Å². The summed E-state index contributed by atoms with van der Waals surface area (Å²) in [6, 6.07) is 2.80. The van der Waals surface area contributed by atoms with Crippen LogP contribution in [-0.4, -0.2) is 15.5 Å². The highest BCUT2D eigenvalue weighted by atomic mass is 35.7. The number of hydrogen-bond acceptors (Lipinski definition) is 3. The Kier molecular flexibility index (Phi) is 3.53. The van der Waals surface area contributed by atoms with Crippen molar-refractivity contribution >= 4 is 42.9 Å². The molecule has 0 N–H and O–H groups in total. The summed E-state index contributed by atoms with van der Waals surface area (Å²) < 4.78 is 27.1. The smallest absolute Gasteiger partial charge is 0.266 e. The van der Waals surface area contributed by atoms with Crippen LogP contribution in [0.1, 0.15) is 0 Å². The van der Waals surface area contributed by atoms with E-state index in [9.17, 15) is 8.42 Å². The van der Waals surface area contributed by atoms with Crippen molar-refractivity contribution in [3.8, 4) is 5.75 Å². The van der Waals surface area contributed by atoms with Gasteiger partial charge in [0.15, 0.2) is 0 Å². The molecule has 0 aliphatic carbocycles. The molecular weight excluding hydrogens is 270 g/mol. The van der Waals surface area contributed by atoms with Gasteiger partial charge in [-0.2, -0.15) is 0 Å². The Bertz CT molecular complexity index is 455. The average molecular weight is 276 g/mol. The summed E-state index contributed by atoms with van der Waals surface area (Å²) in [7, 11) is 2.51. The highest BCUT2D eigenvalue weighted by Crippen LogP contribution is 2.38. The number of ether oxygens (including phenoxy) is 1. The summed E-state index contributed by atoms with van der Waals surface area (Å²) in [5, 5.41) is -0.0345. The first kappa shape index (κ1) is 11.9. The maximum absolute atomic E-state index is 11.1. The van der Waals surface area contributed by atoms with E-state index in [1.54, 1.807) is 0 Å². The Morgan fingerprint density at radius 1 is 1.29 bits per heavy atom. The normalized spacial score (nSPS) is 11.4. The van der Waals surface area contributed by atoms with E-state index in [-0.39, 0.29) is 20.7 Å². The molecule has 1 aromatic carbocycles. The van der Waals surface area contributed by atoms with E-state index in [1.807, 2.05) is 0 Å². The fourth-order valence-electron chi connectivity index (χ4n) is 0.902. The minimum absolute atomic E-state index is 0.0643. The van der Waals surface area contributed by atoms with Crippen LogP contribution < -0.4 is 4.74 Å². The lowest BCUT2D eigenvalue weighted by molar-refractivity contribution is 0.403. The van der Waals surface area contributed by atoms with Gasteiger partial charge in [-0.25, -0.2) is 8.42 Å². The van der Waals surface area contributed by atoms with Gasteiger partial charge in [-0.15, -0.1) is 0 Å². The predicted molar refractivity (Wildman–Crippen MR) is 56.1 cm³/mol. The van der Waals surface area contributed by atoms with Crippen LogP contribution in [-0.2, 0) is 9.05 Å². The molecule has 0 unspecified atom stereocenters. The van der Waals surface area contributed by atoms with Gasteiger partial charge in [-0.3, -0.25) is 0 Å². The molecule has 7 heteroatoms. The van der Waals surface area contributed by atoms with Crippen molar-refractivity contribution in [2.45, 2.75) is 4.90 Å². The molecule has 0 fully saturated rings. The molecule has 3 nitrogen and oxygen atoms in total. The Balaban J connectivity index is 3.60. The molecule has 0 saturated carbocycles. The van der Waals surface area contributed by atoms with Gasteiger partial charge in [0.2, 0.25) is 0 Å². The second kappa shape index (κ2) is 4.14.